The Bertz CT molecular complexity index is 345. The number of hydrogen-bond donors (Lipinski definition) is 0. The number of aryl methyl sites for hydroxylation is 1. The van der Waals surface area contributed by atoms with Crippen molar-refractivity contribution >= 4 is 29.3 Å². The molecule has 1 rings (SSSR count). The van der Waals surface area contributed by atoms with Gasteiger partial charge in [-0.2, -0.15) is 0 Å². The normalized spacial score (nSPS) is 11.1. The first kappa shape index (κ1) is 11.5. The van der Waals surface area contributed by atoms with E-state index in [1.807, 2.05) is 6.08 Å². The number of rotatable bonds is 3. The molecule has 0 nitrogen and oxygen atoms in total. The highest BCUT2D eigenvalue weighted by molar-refractivity contribution is 6.32. The second-order valence-electron chi connectivity index (χ2n) is 3.00. The lowest BCUT2D eigenvalue weighted by Gasteiger charge is -2.01. The molecule has 0 saturated carbocycles. The predicted molar refractivity (Wildman–Crippen MR) is 60.5 cm³/mol. The van der Waals surface area contributed by atoms with Crippen LogP contribution in [0, 0.1) is 12.7 Å². The summed E-state index contributed by atoms with van der Waals surface area (Å²) in [6.07, 6.45) is 4.42. The third kappa shape index (κ3) is 3.00. The van der Waals surface area contributed by atoms with Gasteiger partial charge in [0.15, 0.2) is 0 Å². The van der Waals surface area contributed by atoms with Gasteiger partial charge >= 0.3 is 0 Å². The molecule has 3 heteroatoms. The summed E-state index contributed by atoms with van der Waals surface area (Å²) in [6.45, 7) is 1.69. The smallest absolute Gasteiger partial charge is 0.126 e. The first-order valence-electron chi connectivity index (χ1n) is 4.33. The zero-order valence-electron chi connectivity index (χ0n) is 7.86. The van der Waals surface area contributed by atoms with Crippen molar-refractivity contribution in [1.29, 1.82) is 0 Å². The molecule has 14 heavy (non-hydrogen) atoms. The maximum absolute atomic E-state index is 13.1. The Hall–Kier alpha value is -0.530. The molecule has 76 valence electrons. The highest BCUT2D eigenvalue weighted by Crippen LogP contribution is 2.21. The Kier molecular flexibility index (Phi) is 4.43. The first-order valence-corrected chi connectivity index (χ1v) is 5.24. The van der Waals surface area contributed by atoms with E-state index in [0.29, 0.717) is 22.0 Å². The van der Waals surface area contributed by atoms with Crippen LogP contribution in [0.5, 0.6) is 0 Å². The van der Waals surface area contributed by atoms with Crippen LogP contribution in [0.3, 0.4) is 0 Å². The number of allylic oxidation sites excluding steroid dienone is 1. The van der Waals surface area contributed by atoms with E-state index >= 15 is 0 Å². The molecule has 0 amide bonds. The third-order valence-corrected chi connectivity index (χ3v) is 2.40. The minimum absolute atomic E-state index is 0.236. The molecule has 0 fully saturated rings. The standard InChI is InChI=1S/C11H11Cl2F/c1-8-6-10(13)9(7-11(8)14)4-2-3-5-12/h2,4,6-7H,3,5H2,1H3. The van der Waals surface area contributed by atoms with Crippen molar-refractivity contribution in [3.8, 4) is 0 Å². The summed E-state index contributed by atoms with van der Waals surface area (Å²) < 4.78 is 13.1. The van der Waals surface area contributed by atoms with Gasteiger partial charge in [0.2, 0.25) is 0 Å². The zero-order valence-corrected chi connectivity index (χ0v) is 9.37. The Morgan fingerprint density at radius 1 is 1.43 bits per heavy atom. The molecule has 1 aromatic carbocycles. The molecular formula is C11H11Cl2F. The fourth-order valence-electron chi connectivity index (χ4n) is 1.06. The van der Waals surface area contributed by atoms with Crippen LogP contribution in [-0.2, 0) is 0 Å². The van der Waals surface area contributed by atoms with Gasteiger partial charge in [-0.3, -0.25) is 0 Å². The summed E-state index contributed by atoms with van der Waals surface area (Å²) >= 11 is 11.4. The molecule has 0 N–H and O–H groups in total. The fourth-order valence-corrected chi connectivity index (χ4v) is 1.47. The lowest BCUT2D eigenvalue weighted by atomic mass is 10.1. The molecule has 0 aliphatic heterocycles. The van der Waals surface area contributed by atoms with Crippen molar-refractivity contribution in [2.24, 2.45) is 0 Å². The van der Waals surface area contributed by atoms with Crippen molar-refractivity contribution < 1.29 is 4.39 Å². The minimum atomic E-state index is -0.236. The van der Waals surface area contributed by atoms with E-state index in [9.17, 15) is 4.39 Å². The van der Waals surface area contributed by atoms with Gasteiger partial charge in [0.25, 0.3) is 0 Å². The average Bonchev–Trinajstić information content (AvgIpc) is 2.14. The summed E-state index contributed by atoms with van der Waals surface area (Å²) in [7, 11) is 0. The maximum Gasteiger partial charge on any atom is 0.126 e. The monoisotopic (exact) mass is 232 g/mol. The van der Waals surface area contributed by atoms with Gasteiger partial charge in [0.05, 0.1) is 0 Å². The van der Waals surface area contributed by atoms with Crippen LogP contribution in [0.2, 0.25) is 5.02 Å². The quantitative estimate of drug-likeness (QED) is 0.677. The van der Waals surface area contributed by atoms with Crippen molar-refractivity contribution in [1.82, 2.24) is 0 Å². The SMILES string of the molecule is Cc1cc(Cl)c(C=CCCCl)cc1F. The maximum atomic E-state index is 13.1. The summed E-state index contributed by atoms with van der Waals surface area (Å²) in [5.74, 6) is 0.322. The van der Waals surface area contributed by atoms with Crippen LogP contribution in [0.15, 0.2) is 18.2 Å². The lowest BCUT2D eigenvalue weighted by Crippen LogP contribution is -1.85. The second-order valence-corrected chi connectivity index (χ2v) is 3.79. The second kappa shape index (κ2) is 5.38. The van der Waals surface area contributed by atoms with Gasteiger partial charge in [-0.1, -0.05) is 23.8 Å². The molecule has 0 unspecified atom stereocenters. The van der Waals surface area contributed by atoms with Crippen molar-refractivity contribution in [3.05, 3.63) is 40.2 Å². The molecule has 0 radical (unpaired) electrons. The van der Waals surface area contributed by atoms with Crippen LogP contribution >= 0.6 is 23.2 Å². The molecule has 0 aliphatic carbocycles. The molecular weight excluding hydrogens is 222 g/mol. The number of alkyl halides is 1. The van der Waals surface area contributed by atoms with E-state index in [4.69, 9.17) is 23.2 Å². The average molecular weight is 233 g/mol. The van der Waals surface area contributed by atoms with Gasteiger partial charge < -0.3 is 0 Å². The lowest BCUT2D eigenvalue weighted by molar-refractivity contribution is 0.618. The predicted octanol–water partition coefficient (Wildman–Crippen LogP) is 4.43. The molecule has 0 atom stereocenters. The summed E-state index contributed by atoms with van der Waals surface area (Å²) in [4.78, 5) is 0. The fraction of sp³-hybridized carbons (Fsp3) is 0.273. The molecule has 0 aliphatic rings. The summed E-state index contributed by atoms with van der Waals surface area (Å²) in [5, 5.41) is 0.565. The van der Waals surface area contributed by atoms with Gasteiger partial charge in [0.1, 0.15) is 5.82 Å². The summed E-state index contributed by atoms with van der Waals surface area (Å²) in [5.41, 5.74) is 1.25. The van der Waals surface area contributed by atoms with Crippen LogP contribution in [0.4, 0.5) is 4.39 Å². The van der Waals surface area contributed by atoms with Crippen molar-refractivity contribution in [2.75, 3.05) is 5.88 Å². The molecule has 0 aromatic heterocycles. The van der Waals surface area contributed by atoms with Crippen molar-refractivity contribution in [2.45, 2.75) is 13.3 Å². The minimum Gasteiger partial charge on any atom is -0.207 e. The zero-order chi connectivity index (χ0) is 10.6. The van der Waals surface area contributed by atoms with E-state index in [1.54, 1.807) is 19.1 Å². The highest BCUT2D eigenvalue weighted by Gasteiger charge is 2.02. The summed E-state index contributed by atoms with van der Waals surface area (Å²) in [6, 6.07) is 3.06. The largest absolute Gasteiger partial charge is 0.207 e. The number of benzene rings is 1. The number of hydrogen-bond acceptors (Lipinski definition) is 0. The van der Waals surface area contributed by atoms with Crippen molar-refractivity contribution in [3.63, 3.8) is 0 Å². The van der Waals surface area contributed by atoms with Gasteiger partial charge in [-0.05, 0) is 36.6 Å². The molecule has 0 bridgehead atoms. The topological polar surface area (TPSA) is 0 Å². The van der Waals surface area contributed by atoms with E-state index < -0.39 is 0 Å². The van der Waals surface area contributed by atoms with Gasteiger partial charge in [-0.25, -0.2) is 4.39 Å². The molecule has 0 spiro atoms. The Morgan fingerprint density at radius 3 is 2.79 bits per heavy atom. The van der Waals surface area contributed by atoms with Crippen LogP contribution in [0.25, 0.3) is 6.08 Å². The van der Waals surface area contributed by atoms with E-state index in [2.05, 4.69) is 0 Å². The molecule has 1 aromatic rings. The van der Waals surface area contributed by atoms with Crippen LogP contribution in [-0.4, -0.2) is 5.88 Å². The Labute approximate surface area is 93.3 Å². The molecule has 0 saturated heterocycles. The van der Waals surface area contributed by atoms with E-state index in [0.717, 1.165) is 6.42 Å². The van der Waals surface area contributed by atoms with Gasteiger partial charge in [0, 0.05) is 10.9 Å². The third-order valence-electron chi connectivity index (χ3n) is 1.85. The first-order chi connectivity index (χ1) is 6.65. The molecule has 0 heterocycles. The van der Waals surface area contributed by atoms with Crippen LogP contribution in [0.1, 0.15) is 17.5 Å². The Balaban J connectivity index is 2.92. The van der Waals surface area contributed by atoms with Crippen LogP contribution < -0.4 is 0 Å². The van der Waals surface area contributed by atoms with E-state index in [-0.39, 0.29) is 5.82 Å². The highest BCUT2D eigenvalue weighted by atomic mass is 35.5. The van der Waals surface area contributed by atoms with Gasteiger partial charge in [-0.15, -0.1) is 11.6 Å². The Morgan fingerprint density at radius 2 is 2.14 bits per heavy atom. The van der Waals surface area contributed by atoms with E-state index in [1.165, 1.54) is 6.07 Å². The number of halogens is 3.